The number of carbonyl (C=O) groups is 1. The van der Waals surface area contributed by atoms with Gasteiger partial charge in [-0.25, -0.2) is 4.79 Å². The van der Waals surface area contributed by atoms with Crippen molar-refractivity contribution in [1.29, 1.82) is 0 Å². The Hall–Kier alpha value is -2.41. The van der Waals surface area contributed by atoms with Crippen molar-refractivity contribution in [3.05, 3.63) is 68.2 Å². The third-order valence-corrected chi connectivity index (χ3v) is 3.18. The highest BCUT2D eigenvalue weighted by Gasteiger charge is 2.18. The van der Waals surface area contributed by atoms with Crippen molar-refractivity contribution >= 4 is 27.6 Å². The highest BCUT2D eigenvalue weighted by Crippen LogP contribution is 2.29. The molecule has 0 amide bonds. The normalized spacial score (nSPS) is 10.1. The number of carboxylic acids is 1. The zero-order chi connectivity index (χ0) is 15.4. The van der Waals surface area contributed by atoms with Gasteiger partial charge in [-0.15, -0.1) is 0 Å². The highest BCUT2D eigenvalue weighted by atomic mass is 79.9. The predicted molar refractivity (Wildman–Crippen MR) is 78.5 cm³/mol. The van der Waals surface area contributed by atoms with E-state index in [0.29, 0.717) is 0 Å². The van der Waals surface area contributed by atoms with Crippen molar-refractivity contribution in [1.82, 2.24) is 0 Å². The first-order valence-electron chi connectivity index (χ1n) is 5.86. The molecule has 2 aromatic rings. The molecular weight excluding hydrogens is 342 g/mol. The molecule has 7 heteroatoms. The second-order valence-electron chi connectivity index (χ2n) is 4.16. The van der Waals surface area contributed by atoms with E-state index >= 15 is 0 Å². The second kappa shape index (κ2) is 6.36. The summed E-state index contributed by atoms with van der Waals surface area (Å²) >= 11 is 3.32. The van der Waals surface area contributed by atoms with E-state index in [0.717, 1.165) is 16.1 Å². The molecule has 0 spiro atoms. The van der Waals surface area contributed by atoms with E-state index in [-0.39, 0.29) is 23.6 Å². The number of hydrogen-bond donors (Lipinski definition) is 1. The van der Waals surface area contributed by atoms with Crippen LogP contribution in [0.3, 0.4) is 0 Å². The molecule has 0 aliphatic rings. The van der Waals surface area contributed by atoms with E-state index in [2.05, 4.69) is 15.9 Å². The smallest absolute Gasteiger partial charge is 0.335 e. The zero-order valence-corrected chi connectivity index (χ0v) is 12.2. The van der Waals surface area contributed by atoms with Gasteiger partial charge < -0.3 is 9.84 Å². The van der Waals surface area contributed by atoms with Crippen LogP contribution in [0.4, 0.5) is 5.69 Å². The van der Waals surface area contributed by atoms with Gasteiger partial charge in [0.2, 0.25) is 0 Å². The van der Waals surface area contributed by atoms with Crippen LogP contribution in [0.1, 0.15) is 15.9 Å². The number of hydrogen-bond acceptors (Lipinski definition) is 4. The maximum Gasteiger partial charge on any atom is 0.335 e. The first kappa shape index (κ1) is 15.0. The molecule has 108 valence electrons. The van der Waals surface area contributed by atoms with Crippen molar-refractivity contribution in [3.8, 4) is 5.75 Å². The lowest BCUT2D eigenvalue weighted by Gasteiger charge is -2.07. The average molecular weight is 352 g/mol. The molecule has 1 N–H and O–H groups in total. The first-order valence-corrected chi connectivity index (χ1v) is 6.65. The van der Waals surface area contributed by atoms with Gasteiger partial charge in [-0.1, -0.05) is 28.1 Å². The molecule has 2 aromatic carbocycles. The van der Waals surface area contributed by atoms with Gasteiger partial charge in [0, 0.05) is 10.5 Å². The number of aromatic carboxylic acids is 1. The lowest BCUT2D eigenvalue weighted by molar-refractivity contribution is -0.386. The maximum absolute atomic E-state index is 11.0. The number of nitro benzene ring substituents is 1. The van der Waals surface area contributed by atoms with Crippen molar-refractivity contribution in [3.63, 3.8) is 0 Å². The average Bonchev–Trinajstić information content (AvgIpc) is 2.44. The van der Waals surface area contributed by atoms with Crippen molar-refractivity contribution in [2.45, 2.75) is 6.61 Å². The Morgan fingerprint density at radius 3 is 2.67 bits per heavy atom. The third kappa shape index (κ3) is 3.79. The monoisotopic (exact) mass is 351 g/mol. The summed E-state index contributed by atoms with van der Waals surface area (Å²) in [7, 11) is 0. The van der Waals surface area contributed by atoms with Crippen LogP contribution in [0.5, 0.6) is 5.75 Å². The molecule has 0 aromatic heterocycles. The van der Waals surface area contributed by atoms with Crippen LogP contribution >= 0.6 is 15.9 Å². The molecule has 6 nitrogen and oxygen atoms in total. The number of halogens is 1. The van der Waals surface area contributed by atoms with E-state index in [1.807, 2.05) is 24.3 Å². The lowest BCUT2D eigenvalue weighted by atomic mass is 10.2. The number of rotatable bonds is 5. The number of carboxylic acid groups (broad SMARTS) is 1. The van der Waals surface area contributed by atoms with Gasteiger partial charge in [-0.2, -0.15) is 0 Å². The van der Waals surface area contributed by atoms with E-state index in [4.69, 9.17) is 9.84 Å². The fourth-order valence-electron chi connectivity index (χ4n) is 1.70. The molecule has 0 heterocycles. The van der Waals surface area contributed by atoms with Crippen molar-refractivity contribution in [2.75, 3.05) is 0 Å². The SMILES string of the molecule is O=C(O)c1ccc(OCc2cccc(Br)c2)c([N+](=O)[O-])c1. The highest BCUT2D eigenvalue weighted by molar-refractivity contribution is 9.10. The summed E-state index contributed by atoms with van der Waals surface area (Å²) in [6.45, 7) is 0.146. The minimum absolute atomic E-state index is 0.0324. The van der Waals surface area contributed by atoms with Crippen LogP contribution in [-0.2, 0) is 6.61 Å². The molecule has 0 aliphatic carbocycles. The molecule has 0 fully saturated rings. The number of benzene rings is 2. The minimum atomic E-state index is -1.23. The molecule has 2 rings (SSSR count). The summed E-state index contributed by atoms with van der Waals surface area (Å²) in [6.07, 6.45) is 0. The maximum atomic E-state index is 11.0. The number of ether oxygens (including phenoxy) is 1. The Morgan fingerprint density at radius 2 is 2.05 bits per heavy atom. The standard InChI is InChI=1S/C14H10BrNO5/c15-11-3-1-2-9(6-11)8-21-13-5-4-10(14(17)18)7-12(13)16(19)20/h1-7H,8H2,(H,17,18). The van der Waals surface area contributed by atoms with Crippen molar-refractivity contribution in [2.24, 2.45) is 0 Å². The van der Waals surface area contributed by atoms with Crippen LogP contribution in [0.15, 0.2) is 46.9 Å². The summed E-state index contributed by atoms with van der Waals surface area (Å²) in [6, 6.07) is 10.9. The number of nitrogens with zero attached hydrogens (tertiary/aromatic N) is 1. The van der Waals surface area contributed by atoms with E-state index < -0.39 is 10.9 Å². The third-order valence-electron chi connectivity index (χ3n) is 2.69. The fraction of sp³-hybridized carbons (Fsp3) is 0.0714. The van der Waals surface area contributed by atoms with Crippen LogP contribution < -0.4 is 4.74 Å². The Kier molecular flexibility index (Phi) is 4.54. The molecule has 0 atom stereocenters. The van der Waals surface area contributed by atoms with Crippen molar-refractivity contribution < 1.29 is 19.6 Å². The summed E-state index contributed by atoms with van der Waals surface area (Å²) < 4.78 is 6.29. The van der Waals surface area contributed by atoms with Gasteiger partial charge >= 0.3 is 11.7 Å². The minimum Gasteiger partial charge on any atom is -0.482 e. The van der Waals surface area contributed by atoms with E-state index in [1.165, 1.54) is 12.1 Å². The number of nitro groups is 1. The summed E-state index contributed by atoms with van der Waals surface area (Å²) in [5.41, 5.74) is 0.308. The molecule has 21 heavy (non-hydrogen) atoms. The van der Waals surface area contributed by atoms with Crippen LogP contribution in [0, 0.1) is 10.1 Å². The fourth-order valence-corrected chi connectivity index (χ4v) is 2.15. The first-order chi connectivity index (χ1) is 9.97. The Balaban J connectivity index is 2.23. The van der Waals surface area contributed by atoms with Crippen LogP contribution in [-0.4, -0.2) is 16.0 Å². The van der Waals surface area contributed by atoms with Gasteiger partial charge in [-0.3, -0.25) is 10.1 Å². The van der Waals surface area contributed by atoms with E-state index in [1.54, 1.807) is 0 Å². The molecule has 0 unspecified atom stereocenters. The van der Waals surface area contributed by atoms with E-state index in [9.17, 15) is 14.9 Å². The predicted octanol–water partition coefficient (Wildman–Crippen LogP) is 3.63. The van der Waals surface area contributed by atoms with Crippen LogP contribution in [0.25, 0.3) is 0 Å². The molecule has 0 aliphatic heterocycles. The summed E-state index contributed by atoms with van der Waals surface area (Å²) in [5, 5.41) is 19.8. The van der Waals surface area contributed by atoms with Gasteiger partial charge in [0.25, 0.3) is 0 Å². The zero-order valence-electron chi connectivity index (χ0n) is 10.7. The molecule has 0 saturated heterocycles. The summed E-state index contributed by atoms with van der Waals surface area (Å²) in [4.78, 5) is 21.2. The largest absolute Gasteiger partial charge is 0.482 e. The van der Waals surface area contributed by atoms with Gasteiger partial charge in [0.15, 0.2) is 5.75 Å². The molecular formula is C14H10BrNO5. The molecule has 0 radical (unpaired) electrons. The van der Waals surface area contributed by atoms with Gasteiger partial charge in [-0.05, 0) is 29.8 Å². The van der Waals surface area contributed by atoms with Gasteiger partial charge in [0.05, 0.1) is 10.5 Å². The summed E-state index contributed by atoms with van der Waals surface area (Å²) in [5.74, 6) is -1.19. The van der Waals surface area contributed by atoms with Crippen LogP contribution in [0.2, 0.25) is 0 Å². The quantitative estimate of drug-likeness (QED) is 0.656. The Morgan fingerprint density at radius 1 is 1.29 bits per heavy atom. The molecule has 0 saturated carbocycles. The lowest BCUT2D eigenvalue weighted by Crippen LogP contribution is -2.02. The molecule has 0 bridgehead atoms. The topological polar surface area (TPSA) is 89.7 Å². The second-order valence-corrected chi connectivity index (χ2v) is 5.08. The van der Waals surface area contributed by atoms with Gasteiger partial charge in [0.1, 0.15) is 6.61 Å². The Labute approximate surface area is 128 Å². The Bertz CT molecular complexity index is 702.